The lowest BCUT2D eigenvalue weighted by Gasteiger charge is -2.17. The van der Waals surface area contributed by atoms with E-state index in [-0.39, 0.29) is 17.9 Å². The van der Waals surface area contributed by atoms with Gasteiger partial charge in [0.1, 0.15) is 5.82 Å². The molecule has 0 aliphatic heterocycles. The molecule has 0 aliphatic rings. The summed E-state index contributed by atoms with van der Waals surface area (Å²) in [7, 11) is 0. The van der Waals surface area contributed by atoms with Crippen LogP contribution in [0.15, 0.2) is 54.6 Å². The summed E-state index contributed by atoms with van der Waals surface area (Å²) in [6.45, 7) is -0.170. The average molecular weight is 265 g/mol. The molecule has 1 N–H and O–H groups in total. The summed E-state index contributed by atoms with van der Waals surface area (Å²) in [4.78, 5) is 0. The Bertz CT molecular complexity index is 509. The molecule has 0 bridgehead atoms. The number of hydrogen-bond acceptors (Lipinski definition) is 1. The molecule has 100 valence electrons. The Hall–Kier alpha value is -1.81. The fourth-order valence-electron chi connectivity index (χ4n) is 1.75. The van der Waals surface area contributed by atoms with E-state index in [2.05, 4.69) is 5.32 Å². The Morgan fingerprint density at radius 1 is 0.895 bits per heavy atom. The smallest absolute Gasteiger partial charge is 0.285 e. The molecule has 0 heterocycles. The first kappa shape index (κ1) is 13.6. The molecule has 0 spiro atoms. The van der Waals surface area contributed by atoms with Gasteiger partial charge in [-0.05, 0) is 17.7 Å². The Morgan fingerprint density at radius 2 is 1.53 bits per heavy atom. The van der Waals surface area contributed by atoms with Crippen molar-refractivity contribution >= 4 is 0 Å². The highest BCUT2D eigenvalue weighted by atomic mass is 19.3. The predicted molar refractivity (Wildman–Crippen MR) is 68.4 cm³/mol. The maximum absolute atomic E-state index is 13.8. The standard InChI is InChI=1S/C15H14F3N/c16-14-8-6-12(7-9-14)10-19-11-15(17,18)13-4-2-1-3-5-13/h1-9,19H,10-11H2. The zero-order chi connectivity index (χ0) is 13.7. The average Bonchev–Trinajstić information content (AvgIpc) is 2.42. The summed E-state index contributed by atoms with van der Waals surface area (Å²) in [6.07, 6.45) is 0. The maximum atomic E-state index is 13.8. The van der Waals surface area contributed by atoms with Crippen molar-refractivity contribution in [3.05, 3.63) is 71.5 Å². The lowest BCUT2D eigenvalue weighted by Crippen LogP contribution is -2.30. The van der Waals surface area contributed by atoms with Crippen LogP contribution < -0.4 is 5.32 Å². The van der Waals surface area contributed by atoms with E-state index in [9.17, 15) is 13.2 Å². The molecule has 2 rings (SSSR count). The quantitative estimate of drug-likeness (QED) is 0.869. The fraction of sp³-hybridized carbons (Fsp3) is 0.200. The molecule has 0 radical (unpaired) electrons. The molecule has 19 heavy (non-hydrogen) atoms. The third-order valence-electron chi connectivity index (χ3n) is 2.79. The van der Waals surface area contributed by atoms with Crippen LogP contribution in [0.4, 0.5) is 13.2 Å². The van der Waals surface area contributed by atoms with Crippen LogP contribution in [0.5, 0.6) is 0 Å². The van der Waals surface area contributed by atoms with Crippen molar-refractivity contribution in [2.45, 2.75) is 12.5 Å². The monoisotopic (exact) mass is 265 g/mol. The fourth-order valence-corrected chi connectivity index (χ4v) is 1.75. The third-order valence-corrected chi connectivity index (χ3v) is 2.79. The Balaban J connectivity index is 1.90. The molecule has 2 aromatic carbocycles. The molecular formula is C15H14F3N. The Morgan fingerprint density at radius 3 is 2.16 bits per heavy atom. The number of alkyl halides is 2. The number of benzene rings is 2. The molecule has 0 aliphatic carbocycles. The van der Waals surface area contributed by atoms with E-state index in [4.69, 9.17) is 0 Å². The van der Waals surface area contributed by atoms with Gasteiger partial charge >= 0.3 is 0 Å². The second kappa shape index (κ2) is 5.89. The molecule has 2 aromatic rings. The Labute approximate surface area is 110 Å². The van der Waals surface area contributed by atoms with Gasteiger partial charge in [0.05, 0.1) is 6.54 Å². The largest absolute Gasteiger partial charge is 0.307 e. The van der Waals surface area contributed by atoms with E-state index < -0.39 is 12.5 Å². The van der Waals surface area contributed by atoms with E-state index in [1.165, 1.54) is 24.3 Å². The van der Waals surface area contributed by atoms with Gasteiger partial charge in [0, 0.05) is 12.1 Å². The molecule has 0 aromatic heterocycles. The number of rotatable bonds is 5. The molecule has 0 saturated heterocycles. The summed E-state index contributed by atoms with van der Waals surface area (Å²) in [6, 6.07) is 13.4. The van der Waals surface area contributed by atoms with Crippen molar-refractivity contribution < 1.29 is 13.2 Å². The van der Waals surface area contributed by atoms with Crippen molar-refractivity contribution in [3.8, 4) is 0 Å². The summed E-state index contributed by atoms with van der Waals surface area (Å²) in [5, 5.41) is 2.69. The van der Waals surface area contributed by atoms with Crippen molar-refractivity contribution in [2.75, 3.05) is 6.54 Å². The van der Waals surface area contributed by atoms with Crippen LogP contribution in [-0.4, -0.2) is 6.54 Å². The summed E-state index contributed by atoms with van der Waals surface area (Å²) < 4.78 is 40.3. The van der Waals surface area contributed by atoms with Crippen LogP contribution in [0.1, 0.15) is 11.1 Å². The molecule has 0 atom stereocenters. The first-order valence-electron chi connectivity index (χ1n) is 5.96. The molecule has 0 amide bonds. The van der Waals surface area contributed by atoms with Gasteiger partial charge < -0.3 is 5.32 Å². The second-order valence-corrected chi connectivity index (χ2v) is 4.30. The van der Waals surface area contributed by atoms with Gasteiger partial charge in [0.25, 0.3) is 5.92 Å². The van der Waals surface area contributed by atoms with Crippen LogP contribution >= 0.6 is 0 Å². The minimum Gasteiger partial charge on any atom is -0.307 e. The third kappa shape index (κ3) is 3.83. The summed E-state index contributed by atoms with van der Waals surface area (Å²) >= 11 is 0. The topological polar surface area (TPSA) is 12.0 Å². The van der Waals surface area contributed by atoms with Crippen molar-refractivity contribution in [1.82, 2.24) is 5.32 Å². The van der Waals surface area contributed by atoms with E-state index in [1.54, 1.807) is 30.3 Å². The molecule has 0 unspecified atom stereocenters. The first-order valence-corrected chi connectivity index (χ1v) is 5.96. The highest BCUT2D eigenvalue weighted by Gasteiger charge is 2.30. The number of nitrogens with one attached hydrogen (secondary N) is 1. The van der Waals surface area contributed by atoms with Crippen molar-refractivity contribution in [2.24, 2.45) is 0 Å². The predicted octanol–water partition coefficient (Wildman–Crippen LogP) is 3.71. The van der Waals surface area contributed by atoms with Gasteiger partial charge in [-0.2, -0.15) is 8.78 Å². The van der Waals surface area contributed by atoms with E-state index in [1.807, 2.05) is 0 Å². The molecule has 1 nitrogen and oxygen atoms in total. The van der Waals surface area contributed by atoms with E-state index in [0.29, 0.717) is 0 Å². The normalized spacial score (nSPS) is 11.5. The van der Waals surface area contributed by atoms with Gasteiger partial charge in [-0.15, -0.1) is 0 Å². The van der Waals surface area contributed by atoms with Gasteiger partial charge in [0.15, 0.2) is 0 Å². The lowest BCUT2D eigenvalue weighted by molar-refractivity contribution is -0.00343. The molecule has 0 fully saturated rings. The molecule has 0 saturated carbocycles. The van der Waals surface area contributed by atoms with Crippen LogP contribution in [0.25, 0.3) is 0 Å². The highest BCUT2D eigenvalue weighted by Crippen LogP contribution is 2.26. The summed E-state index contributed by atoms with van der Waals surface area (Å²) in [5.41, 5.74) is 0.756. The van der Waals surface area contributed by atoms with Crippen LogP contribution in [0, 0.1) is 5.82 Å². The van der Waals surface area contributed by atoms with Crippen LogP contribution in [-0.2, 0) is 12.5 Å². The van der Waals surface area contributed by atoms with Crippen molar-refractivity contribution in [3.63, 3.8) is 0 Å². The SMILES string of the molecule is Fc1ccc(CNCC(F)(F)c2ccccc2)cc1. The van der Waals surface area contributed by atoms with Gasteiger partial charge in [-0.3, -0.25) is 0 Å². The maximum Gasteiger partial charge on any atom is 0.285 e. The van der Waals surface area contributed by atoms with E-state index >= 15 is 0 Å². The second-order valence-electron chi connectivity index (χ2n) is 4.30. The Kier molecular flexibility index (Phi) is 4.22. The lowest BCUT2D eigenvalue weighted by atomic mass is 10.1. The van der Waals surface area contributed by atoms with Gasteiger partial charge in [0.2, 0.25) is 0 Å². The zero-order valence-corrected chi connectivity index (χ0v) is 10.2. The zero-order valence-electron chi connectivity index (χ0n) is 10.2. The van der Waals surface area contributed by atoms with Gasteiger partial charge in [-0.1, -0.05) is 42.5 Å². The van der Waals surface area contributed by atoms with E-state index in [0.717, 1.165) is 5.56 Å². The van der Waals surface area contributed by atoms with Crippen LogP contribution in [0.3, 0.4) is 0 Å². The van der Waals surface area contributed by atoms with Crippen molar-refractivity contribution in [1.29, 1.82) is 0 Å². The molecular weight excluding hydrogens is 251 g/mol. The molecule has 4 heteroatoms. The minimum absolute atomic E-state index is 0.0124. The minimum atomic E-state index is -2.92. The highest BCUT2D eigenvalue weighted by molar-refractivity contribution is 5.20. The number of halogens is 3. The first-order chi connectivity index (χ1) is 9.08. The summed E-state index contributed by atoms with van der Waals surface area (Å²) in [5.74, 6) is -3.25. The van der Waals surface area contributed by atoms with Gasteiger partial charge in [-0.25, -0.2) is 4.39 Å². The van der Waals surface area contributed by atoms with Crippen LogP contribution in [0.2, 0.25) is 0 Å². The number of hydrogen-bond donors (Lipinski definition) is 1.